The summed E-state index contributed by atoms with van der Waals surface area (Å²) in [5.41, 5.74) is 0.985. The lowest BCUT2D eigenvalue weighted by Crippen LogP contribution is -2.33. The molecule has 1 aromatic rings. The van der Waals surface area contributed by atoms with Crippen molar-refractivity contribution >= 4 is 57.6 Å². The molecule has 2 heterocycles. The summed E-state index contributed by atoms with van der Waals surface area (Å²) in [7, 11) is 0. The number of thioether (sulfide) groups is 1. The van der Waals surface area contributed by atoms with E-state index in [2.05, 4.69) is 0 Å². The Labute approximate surface area is 124 Å². The highest BCUT2D eigenvalue weighted by atomic mass is 32.2. The molecular formula is C12H11NO3S3. The van der Waals surface area contributed by atoms with Gasteiger partial charge in [-0.25, -0.2) is 0 Å². The van der Waals surface area contributed by atoms with Crippen LogP contribution in [0.3, 0.4) is 0 Å². The summed E-state index contributed by atoms with van der Waals surface area (Å²) in [6, 6.07) is 2.00. The molecule has 4 nitrogen and oxygen atoms in total. The zero-order valence-corrected chi connectivity index (χ0v) is 12.7. The van der Waals surface area contributed by atoms with Crippen molar-refractivity contribution in [2.75, 3.05) is 6.54 Å². The summed E-state index contributed by atoms with van der Waals surface area (Å²) in [6.45, 7) is 3.61. The topological polar surface area (TPSA) is 57.6 Å². The number of carboxylic acid groups (broad SMARTS) is 1. The van der Waals surface area contributed by atoms with Gasteiger partial charge in [0.25, 0.3) is 5.91 Å². The molecule has 1 fully saturated rings. The van der Waals surface area contributed by atoms with Gasteiger partial charge in [-0.05, 0) is 31.6 Å². The SMILES string of the molecule is Cc1cc(/C=C2\SC(=S)N(CC(=O)O)C2=O)c(C)s1. The largest absolute Gasteiger partial charge is 0.480 e. The number of amides is 1. The van der Waals surface area contributed by atoms with Gasteiger partial charge in [0, 0.05) is 9.75 Å². The number of aryl methyl sites for hydroxylation is 2. The normalized spacial score (nSPS) is 17.6. The quantitative estimate of drug-likeness (QED) is 0.687. The van der Waals surface area contributed by atoms with E-state index in [9.17, 15) is 9.59 Å². The number of rotatable bonds is 3. The van der Waals surface area contributed by atoms with Gasteiger partial charge in [-0.3, -0.25) is 14.5 Å². The van der Waals surface area contributed by atoms with Crippen LogP contribution in [0.15, 0.2) is 11.0 Å². The van der Waals surface area contributed by atoms with E-state index in [0.717, 1.165) is 27.1 Å². The van der Waals surface area contributed by atoms with Gasteiger partial charge in [-0.15, -0.1) is 11.3 Å². The van der Waals surface area contributed by atoms with Gasteiger partial charge in [-0.1, -0.05) is 24.0 Å². The van der Waals surface area contributed by atoms with Crippen LogP contribution in [0.5, 0.6) is 0 Å². The first-order chi connectivity index (χ1) is 8.88. The van der Waals surface area contributed by atoms with Crippen LogP contribution in [-0.4, -0.2) is 32.7 Å². The third kappa shape index (κ3) is 3.05. The highest BCUT2D eigenvalue weighted by Crippen LogP contribution is 2.34. The Kier molecular flexibility index (Phi) is 4.07. The Morgan fingerprint density at radius 2 is 2.21 bits per heavy atom. The predicted molar refractivity (Wildman–Crippen MR) is 81.3 cm³/mol. The van der Waals surface area contributed by atoms with Crippen LogP contribution in [-0.2, 0) is 9.59 Å². The zero-order chi connectivity index (χ0) is 14.2. The number of carbonyl (C=O) groups is 2. The predicted octanol–water partition coefficient (Wildman–Crippen LogP) is 2.65. The van der Waals surface area contributed by atoms with Crippen LogP contribution in [0, 0.1) is 13.8 Å². The third-order valence-electron chi connectivity index (χ3n) is 2.53. The van der Waals surface area contributed by atoms with Gasteiger partial charge < -0.3 is 5.11 Å². The van der Waals surface area contributed by atoms with Crippen LogP contribution >= 0.6 is 35.3 Å². The number of hydrogen-bond acceptors (Lipinski definition) is 5. The molecule has 100 valence electrons. The van der Waals surface area contributed by atoms with Gasteiger partial charge in [0.15, 0.2) is 0 Å². The number of nitrogens with zero attached hydrogens (tertiary/aromatic N) is 1. The minimum absolute atomic E-state index is 0.295. The van der Waals surface area contributed by atoms with Crippen molar-refractivity contribution in [3.05, 3.63) is 26.3 Å². The summed E-state index contributed by atoms with van der Waals surface area (Å²) in [4.78, 5) is 26.6. The number of carboxylic acids is 1. The lowest BCUT2D eigenvalue weighted by atomic mass is 10.2. The maximum absolute atomic E-state index is 12.1. The van der Waals surface area contributed by atoms with Crippen molar-refractivity contribution in [3.63, 3.8) is 0 Å². The number of thiocarbonyl (C=S) groups is 1. The van der Waals surface area contributed by atoms with E-state index in [1.807, 2.05) is 19.9 Å². The van der Waals surface area contributed by atoms with Gasteiger partial charge in [-0.2, -0.15) is 0 Å². The van der Waals surface area contributed by atoms with Crippen molar-refractivity contribution in [3.8, 4) is 0 Å². The second-order valence-electron chi connectivity index (χ2n) is 4.03. The molecule has 1 aromatic heterocycles. The molecule has 0 aliphatic carbocycles. The molecule has 1 amide bonds. The van der Waals surface area contributed by atoms with E-state index < -0.39 is 5.97 Å². The number of thiophene rings is 1. The Morgan fingerprint density at radius 1 is 1.53 bits per heavy atom. The lowest BCUT2D eigenvalue weighted by Gasteiger charge is -2.10. The molecule has 1 aliphatic rings. The fourth-order valence-electron chi connectivity index (χ4n) is 1.71. The number of hydrogen-bond donors (Lipinski definition) is 1. The highest BCUT2D eigenvalue weighted by molar-refractivity contribution is 8.26. The van der Waals surface area contributed by atoms with Crippen molar-refractivity contribution in [2.24, 2.45) is 0 Å². The molecule has 1 aliphatic heterocycles. The van der Waals surface area contributed by atoms with Gasteiger partial charge >= 0.3 is 5.97 Å². The van der Waals surface area contributed by atoms with Crippen LogP contribution in [0.2, 0.25) is 0 Å². The van der Waals surface area contributed by atoms with Crippen LogP contribution in [0.1, 0.15) is 15.3 Å². The van der Waals surface area contributed by atoms with Gasteiger partial charge in [0.05, 0.1) is 4.91 Å². The highest BCUT2D eigenvalue weighted by Gasteiger charge is 2.33. The van der Waals surface area contributed by atoms with Crippen molar-refractivity contribution < 1.29 is 14.7 Å². The average molecular weight is 313 g/mol. The fraction of sp³-hybridized carbons (Fsp3) is 0.250. The zero-order valence-electron chi connectivity index (χ0n) is 10.3. The van der Waals surface area contributed by atoms with E-state index in [1.165, 1.54) is 4.88 Å². The van der Waals surface area contributed by atoms with Crippen molar-refractivity contribution in [2.45, 2.75) is 13.8 Å². The molecule has 0 atom stereocenters. The summed E-state index contributed by atoms with van der Waals surface area (Å²) in [5, 5.41) is 8.75. The molecule has 0 saturated carbocycles. The second-order valence-corrected chi connectivity index (χ2v) is 7.17. The first-order valence-electron chi connectivity index (χ1n) is 5.42. The van der Waals surface area contributed by atoms with E-state index >= 15 is 0 Å². The minimum Gasteiger partial charge on any atom is -0.480 e. The monoisotopic (exact) mass is 313 g/mol. The molecule has 0 radical (unpaired) electrons. The molecule has 0 aromatic carbocycles. The van der Waals surface area contributed by atoms with E-state index in [4.69, 9.17) is 17.3 Å². The third-order valence-corrected chi connectivity index (χ3v) is 4.89. The standard InChI is InChI=1S/C12H11NO3S3/c1-6-3-8(7(2)18-6)4-9-11(16)13(5-10(14)15)12(17)19-9/h3-4H,5H2,1-2H3,(H,14,15)/b9-4-. The van der Waals surface area contributed by atoms with Crippen molar-refractivity contribution in [1.82, 2.24) is 4.90 Å². The minimum atomic E-state index is -1.07. The fourth-order valence-corrected chi connectivity index (χ4v) is 3.86. The Morgan fingerprint density at radius 3 is 2.74 bits per heavy atom. The summed E-state index contributed by atoms with van der Waals surface area (Å²) in [6.07, 6.45) is 1.78. The Balaban J connectivity index is 2.28. The molecule has 0 spiro atoms. The Hall–Kier alpha value is -1.18. The molecule has 2 rings (SSSR count). The van der Waals surface area contributed by atoms with Gasteiger partial charge in [0.2, 0.25) is 0 Å². The second kappa shape index (κ2) is 5.44. The Bertz CT molecular complexity index is 603. The molecule has 1 N–H and O–H groups in total. The summed E-state index contributed by atoms with van der Waals surface area (Å²) in [5.74, 6) is -1.40. The first kappa shape index (κ1) is 14.2. The molecular weight excluding hydrogens is 302 g/mol. The molecule has 0 bridgehead atoms. The molecule has 7 heteroatoms. The van der Waals surface area contributed by atoms with E-state index in [0.29, 0.717) is 9.23 Å². The maximum Gasteiger partial charge on any atom is 0.323 e. The number of carbonyl (C=O) groups excluding carboxylic acids is 1. The first-order valence-corrected chi connectivity index (χ1v) is 7.47. The smallest absolute Gasteiger partial charge is 0.323 e. The van der Waals surface area contributed by atoms with Crippen molar-refractivity contribution in [1.29, 1.82) is 0 Å². The molecule has 19 heavy (non-hydrogen) atoms. The van der Waals surface area contributed by atoms with Crippen LogP contribution < -0.4 is 0 Å². The average Bonchev–Trinajstić information content (AvgIpc) is 2.74. The van der Waals surface area contributed by atoms with E-state index in [-0.39, 0.29) is 12.5 Å². The maximum atomic E-state index is 12.1. The van der Waals surface area contributed by atoms with Gasteiger partial charge in [0.1, 0.15) is 10.9 Å². The molecule has 0 unspecified atom stereocenters. The van der Waals surface area contributed by atoms with Crippen LogP contribution in [0.25, 0.3) is 6.08 Å². The summed E-state index contributed by atoms with van der Waals surface area (Å²) < 4.78 is 0.295. The summed E-state index contributed by atoms with van der Waals surface area (Å²) >= 11 is 7.84. The van der Waals surface area contributed by atoms with Crippen LogP contribution in [0.4, 0.5) is 0 Å². The van der Waals surface area contributed by atoms with E-state index in [1.54, 1.807) is 17.4 Å². The molecule has 1 saturated heterocycles. The number of aliphatic carboxylic acids is 1. The lowest BCUT2D eigenvalue weighted by molar-refractivity contribution is -0.140.